The molecule has 0 saturated heterocycles. The summed E-state index contributed by atoms with van der Waals surface area (Å²) < 4.78 is 13.3. The summed E-state index contributed by atoms with van der Waals surface area (Å²) in [6.07, 6.45) is 1.55. The highest BCUT2D eigenvalue weighted by atomic mass is 35.5. The Hall–Kier alpha value is -1.08. The minimum Gasteiger partial charge on any atom is -0.423 e. The van der Waals surface area contributed by atoms with Crippen molar-refractivity contribution >= 4 is 35.9 Å². The van der Waals surface area contributed by atoms with Gasteiger partial charge in [0.2, 0.25) is 0 Å². The van der Waals surface area contributed by atoms with E-state index in [1.807, 2.05) is 0 Å². The molecule has 98 valence electrons. The summed E-state index contributed by atoms with van der Waals surface area (Å²) in [5, 5.41) is 19.4. The quantitative estimate of drug-likeness (QED) is 0.668. The molecular formula is C12H10BClFNO2S. The maximum absolute atomic E-state index is 13.3. The molecule has 0 aliphatic carbocycles. The van der Waals surface area contributed by atoms with E-state index in [0.717, 1.165) is 10.6 Å². The molecule has 0 unspecified atom stereocenters. The van der Waals surface area contributed by atoms with Gasteiger partial charge in [0.25, 0.3) is 0 Å². The largest absolute Gasteiger partial charge is 0.491 e. The van der Waals surface area contributed by atoms with Gasteiger partial charge in [0.1, 0.15) is 5.82 Å². The third-order valence-electron chi connectivity index (χ3n) is 2.43. The van der Waals surface area contributed by atoms with Crippen LogP contribution in [0.1, 0.15) is 5.56 Å². The molecule has 1 aromatic carbocycles. The molecule has 2 aromatic rings. The lowest BCUT2D eigenvalue weighted by Crippen LogP contribution is -2.33. The Labute approximate surface area is 119 Å². The van der Waals surface area contributed by atoms with Crippen molar-refractivity contribution in [3.05, 3.63) is 52.9 Å². The molecule has 7 heteroatoms. The Morgan fingerprint density at radius 1 is 1.26 bits per heavy atom. The first-order valence-corrected chi connectivity index (χ1v) is 6.81. The Bertz CT molecular complexity index is 568. The molecule has 0 aliphatic heterocycles. The lowest BCUT2D eigenvalue weighted by atomic mass is 9.79. The van der Waals surface area contributed by atoms with E-state index in [-0.39, 0.29) is 5.46 Å². The summed E-state index contributed by atoms with van der Waals surface area (Å²) in [6, 6.07) is 7.79. The molecule has 19 heavy (non-hydrogen) atoms. The summed E-state index contributed by atoms with van der Waals surface area (Å²) in [6.45, 7) is 0. The third-order valence-corrected chi connectivity index (χ3v) is 3.66. The fourth-order valence-corrected chi connectivity index (χ4v) is 2.38. The van der Waals surface area contributed by atoms with Crippen LogP contribution in [0.3, 0.4) is 0 Å². The zero-order valence-electron chi connectivity index (χ0n) is 9.75. The first kappa shape index (κ1) is 14.3. The van der Waals surface area contributed by atoms with Gasteiger partial charge in [-0.05, 0) is 23.8 Å². The molecular weight excluding hydrogens is 287 g/mol. The molecule has 0 radical (unpaired) electrons. The maximum atomic E-state index is 13.3. The van der Waals surface area contributed by atoms with Gasteiger partial charge in [0.15, 0.2) is 0 Å². The monoisotopic (exact) mass is 297 g/mol. The molecule has 0 atom stereocenters. The smallest absolute Gasteiger partial charge is 0.423 e. The SMILES string of the molecule is OB(O)c1cc(CSc2ccc(Cl)cn2)ccc1F. The summed E-state index contributed by atoms with van der Waals surface area (Å²) >= 11 is 7.19. The molecule has 0 bridgehead atoms. The number of hydrogen-bond donors (Lipinski definition) is 2. The molecule has 0 amide bonds. The van der Waals surface area contributed by atoms with Crippen molar-refractivity contribution in [3.8, 4) is 0 Å². The molecule has 0 fully saturated rings. The highest BCUT2D eigenvalue weighted by Crippen LogP contribution is 2.21. The number of nitrogens with zero attached hydrogens (tertiary/aromatic N) is 1. The van der Waals surface area contributed by atoms with Crippen LogP contribution in [-0.4, -0.2) is 22.2 Å². The Kier molecular flexibility index (Phi) is 4.82. The van der Waals surface area contributed by atoms with Crippen LogP contribution >= 0.6 is 23.4 Å². The van der Waals surface area contributed by atoms with Gasteiger partial charge in [0, 0.05) is 17.4 Å². The van der Waals surface area contributed by atoms with Crippen LogP contribution in [0.2, 0.25) is 5.02 Å². The van der Waals surface area contributed by atoms with E-state index >= 15 is 0 Å². The van der Waals surface area contributed by atoms with Gasteiger partial charge in [-0.1, -0.05) is 23.7 Å². The number of pyridine rings is 1. The fraction of sp³-hybridized carbons (Fsp3) is 0.0833. The van der Waals surface area contributed by atoms with E-state index < -0.39 is 12.9 Å². The average molecular weight is 298 g/mol. The van der Waals surface area contributed by atoms with Gasteiger partial charge in [0.05, 0.1) is 10.0 Å². The Balaban J connectivity index is 2.07. The average Bonchev–Trinajstić information content (AvgIpc) is 2.39. The zero-order valence-corrected chi connectivity index (χ0v) is 11.3. The van der Waals surface area contributed by atoms with Crippen molar-refractivity contribution < 1.29 is 14.4 Å². The number of hydrogen-bond acceptors (Lipinski definition) is 4. The van der Waals surface area contributed by atoms with E-state index in [0.29, 0.717) is 10.8 Å². The van der Waals surface area contributed by atoms with Gasteiger partial charge in [-0.25, -0.2) is 9.37 Å². The molecule has 1 heterocycles. The van der Waals surface area contributed by atoms with Crippen molar-refractivity contribution in [3.63, 3.8) is 0 Å². The van der Waals surface area contributed by atoms with E-state index in [1.54, 1.807) is 24.4 Å². The molecule has 2 rings (SSSR count). The van der Waals surface area contributed by atoms with Gasteiger partial charge >= 0.3 is 7.12 Å². The first-order chi connectivity index (χ1) is 9.06. The molecule has 1 aromatic heterocycles. The van der Waals surface area contributed by atoms with Crippen molar-refractivity contribution in [2.75, 3.05) is 0 Å². The zero-order chi connectivity index (χ0) is 13.8. The highest BCUT2D eigenvalue weighted by Gasteiger charge is 2.16. The second-order valence-corrected chi connectivity index (χ2v) is 5.26. The number of thioether (sulfide) groups is 1. The normalized spacial score (nSPS) is 10.5. The maximum Gasteiger partial charge on any atom is 0.491 e. The second-order valence-electron chi connectivity index (χ2n) is 3.83. The van der Waals surface area contributed by atoms with Crippen molar-refractivity contribution in [2.45, 2.75) is 10.8 Å². The molecule has 0 spiro atoms. The summed E-state index contributed by atoms with van der Waals surface area (Å²) in [5.41, 5.74) is 0.661. The Morgan fingerprint density at radius 2 is 2.05 bits per heavy atom. The van der Waals surface area contributed by atoms with Crippen LogP contribution in [0.25, 0.3) is 0 Å². The number of halogens is 2. The summed E-state index contributed by atoms with van der Waals surface area (Å²) in [5.74, 6) is -0.0809. The van der Waals surface area contributed by atoms with Crippen LogP contribution < -0.4 is 5.46 Å². The van der Waals surface area contributed by atoms with Gasteiger partial charge in [-0.15, -0.1) is 11.8 Å². The van der Waals surface area contributed by atoms with Crippen molar-refractivity contribution in [2.24, 2.45) is 0 Å². The van der Waals surface area contributed by atoms with Crippen LogP contribution in [0, 0.1) is 5.82 Å². The number of rotatable bonds is 4. The lowest BCUT2D eigenvalue weighted by Gasteiger charge is -2.06. The summed E-state index contributed by atoms with van der Waals surface area (Å²) in [4.78, 5) is 4.13. The second kappa shape index (κ2) is 6.39. The minimum absolute atomic E-state index is 0.123. The standard InChI is InChI=1S/C12H10BClFNO2S/c14-9-2-4-12(16-6-9)19-7-8-1-3-11(15)10(5-8)13(17)18/h1-6,17-18H,7H2. The predicted octanol–water partition coefficient (Wildman–Crippen LogP) is 1.85. The van der Waals surface area contributed by atoms with E-state index in [9.17, 15) is 4.39 Å². The number of aromatic nitrogens is 1. The third kappa shape index (κ3) is 3.94. The fourth-order valence-electron chi connectivity index (χ4n) is 1.49. The van der Waals surface area contributed by atoms with Crippen LogP contribution in [0.15, 0.2) is 41.6 Å². The van der Waals surface area contributed by atoms with Crippen molar-refractivity contribution in [1.29, 1.82) is 0 Å². The van der Waals surface area contributed by atoms with Gasteiger partial charge < -0.3 is 10.0 Å². The van der Waals surface area contributed by atoms with Gasteiger partial charge in [-0.2, -0.15) is 0 Å². The molecule has 3 nitrogen and oxygen atoms in total. The van der Waals surface area contributed by atoms with E-state index in [2.05, 4.69) is 4.98 Å². The van der Waals surface area contributed by atoms with Crippen LogP contribution in [0.4, 0.5) is 4.39 Å². The predicted molar refractivity (Wildman–Crippen MR) is 75.0 cm³/mol. The Morgan fingerprint density at radius 3 is 2.68 bits per heavy atom. The van der Waals surface area contributed by atoms with Crippen molar-refractivity contribution in [1.82, 2.24) is 4.98 Å². The highest BCUT2D eigenvalue weighted by molar-refractivity contribution is 7.98. The topological polar surface area (TPSA) is 53.4 Å². The molecule has 0 saturated carbocycles. The lowest BCUT2D eigenvalue weighted by molar-refractivity contribution is 0.423. The molecule has 2 N–H and O–H groups in total. The first-order valence-electron chi connectivity index (χ1n) is 5.45. The van der Waals surface area contributed by atoms with Crippen LogP contribution in [0.5, 0.6) is 0 Å². The van der Waals surface area contributed by atoms with Gasteiger partial charge in [-0.3, -0.25) is 0 Å². The summed E-state index contributed by atoms with van der Waals surface area (Å²) in [7, 11) is -1.81. The van der Waals surface area contributed by atoms with Crippen LogP contribution in [-0.2, 0) is 5.75 Å². The minimum atomic E-state index is -1.81. The van der Waals surface area contributed by atoms with E-state index in [1.165, 1.54) is 23.9 Å². The van der Waals surface area contributed by atoms with E-state index in [4.69, 9.17) is 21.6 Å². The molecule has 0 aliphatic rings. The number of benzene rings is 1.